The van der Waals surface area contributed by atoms with Gasteiger partial charge in [-0.3, -0.25) is 15.1 Å². The molecule has 0 fully saturated rings. The number of nitro benzene ring substituents is 1. The number of oxime groups is 1. The lowest BCUT2D eigenvalue weighted by Gasteiger charge is -2.09. The van der Waals surface area contributed by atoms with Crippen molar-refractivity contribution in [2.75, 3.05) is 0 Å². The van der Waals surface area contributed by atoms with Crippen molar-refractivity contribution < 1.29 is 14.9 Å². The third kappa shape index (κ3) is 3.06. The lowest BCUT2D eigenvalue weighted by atomic mass is 10.1. The number of hydrogen-bond donors (Lipinski definition) is 2. The van der Waals surface area contributed by atoms with E-state index in [0.29, 0.717) is 11.4 Å². The summed E-state index contributed by atoms with van der Waals surface area (Å²) in [7, 11) is 0. The van der Waals surface area contributed by atoms with Gasteiger partial charge in [-0.1, -0.05) is 5.16 Å². The normalized spacial score (nSPS) is 11.2. The van der Waals surface area contributed by atoms with Gasteiger partial charge in [0.25, 0.3) is 0 Å². The van der Waals surface area contributed by atoms with Gasteiger partial charge in [0.15, 0.2) is 5.84 Å². The zero-order chi connectivity index (χ0) is 15.4. The highest BCUT2D eigenvalue weighted by molar-refractivity contribution is 5.97. The predicted octanol–water partition coefficient (Wildman–Crippen LogP) is 2.19. The lowest BCUT2D eigenvalue weighted by molar-refractivity contribution is -0.385. The van der Waals surface area contributed by atoms with Crippen LogP contribution in [0.15, 0.2) is 41.7 Å². The monoisotopic (exact) mass is 288 g/mol. The predicted molar refractivity (Wildman–Crippen MR) is 74.7 cm³/mol. The molecule has 3 N–H and O–H groups in total. The summed E-state index contributed by atoms with van der Waals surface area (Å²) in [5.74, 6) is 0.241. The first kappa shape index (κ1) is 14.3. The number of aryl methyl sites for hydroxylation is 1. The summed E-state index contributed by atoms with van der Waals surface area (Å²) in [6.07, 6.45) is 1.60. The molecule has 21 heavy (non-hydrogen) atoms. The summed E-state index contributed by atoms with van der Waals surface area (Å²) in [5.41, 5.74) is 5.95. The van der Waals surface area contributed by atoms with Crippen molar-refractivity contribution in [2.45, 2.75) is 6.92 Å². The molecule has 0 aliphatic heterocycles. The average molecular weight is 288 g/mol. The van der Waals surface area contributed by atoms with Crippen molar-refractivity contribution in [3.8, 4) is 11.5 Å². The molecule has 0 unspecified atom stereocenters. The molecule has 0 aliphatic rings. The number of nitrogens with two attached hydrogens (primary N) is 1. The summed E-state index contributed by atoms with van der Waals surface area (Å²) in [5, 5.41) is 22.5. The van der Waals surface area contributed by atoms with Crippen molar-refractivity contribution in [3.05, 3.63) is 57.9 Å². The molecule has 8 nitrogen and oxygen atoms in total. The maximum atomic E-state index is 11.1. The molecule has 8 heteroatoms. The molecular formula is C13H12N4O4. The van der Waals surface area contributed by atoms with E-state index in [1.807, 2.05) is 0 Å². The molecule has 0 spiro atoms. The fraction of sp³-hybridized carbons (Fsp3) is 0.0769. The molecule has 1 aromatic carbocycles. The molecule has 0 radical (unpaired) electrons. The third-order valence-corrected chi connectivity index (χ3v) is 2.74. The third-order valence-electron chi connectivity index (χ3n) is 2.74. The van der Waals surface area contributed by atoms with Crippen LogP contribution in [-0.4, -0.2) is 21.0 Å². The highest BCUT2D eigenvalue weighted by atomic mass is 16.6. The summed E-state index contributed by atoms with van der Waals surface area (Å²) in [6, 6.07) is 7.35. The van der Waals surface area contributed by atoms with Crippen molar-refractivity contribution in [1.29, 1.82) is 0 Å². The lowest BCUT2D eigenvalue weighted by Crippen LogP contribution is -2.13. The maximum absolute atomic E-state index is 11.1. The second-order valence-corrected chi connectivity index (χ2v) is 4.11. The van der Waals surface area contributed by atoms with Gasteiger partial charge in [-0.2, -0.15) is 0 Å². The minimum Gasteiger partial charge on any atom is -0.448 e. The fourth-order valence-electron chi connectivity index (χ4n) is 1.66. The Kier molecular flexibility index (Phi) is 3.98. The quantitative estimate of drug-likeness (QED) is 0.292. The molecule has 0 aliphatic carbocycles. The van der Waals surface area contributed by atoms with Crippen molar-refractivity contribution in [1.82, 2.24) is 4.98 Å². The first-order valence-corrected chi connectivity index (χ1v) is 5.88. The number of pyridine rings is 1. The van der Waals surface area contributed by atoms with E-state index in [9.17, 15) is 10.1 Å². The molecule has 0 amide bonds. The number of aromatic nitrogens is 1. The Balaban J connectivity index is 2.44. The molecule has 2 aromatic rings. The molecule has 108 valence electrons. The Morgan fingerprint density at radius 3 is 2.81 bits per heavy atom. The number of benzene rings is 1. The molecule has 0 atom stereocenters. The van der Waals surface area contributed by atoms with E-state index >= 15 is 0 Å². The number of nitro groups is 1. The van der Waals surface area contributed by atoms with Crippen LogP contribution < -0.4 is 10.5 Å². The first-order chi connectivity index (χ1) is 10.0. The van der Waals surface area contributed by atoms with Gasteiger partial charge in [-0.15, -0.1) is 0 Å². The van der Waals surface area contributed by atoms with E-state index < -0.39 is 4.92 Å². The molecule has 0 bridgehead atoms. The largest absolute Gasteiger partial charge is 0.448 e. The number of rotatable bonds is 4. The van der Waals surface area contributed by atoms with Crippen LogP contribution in [0.4, 0.5) is 5.69 Å². The van der Waals surface area contributed by atoms with Crippen molar-refractivity contribution >= 4 is 11.5 Å². The van der Waals surface area contributed by atoms with Crippen LogP contribution in [0.1, 0.15) is 11.3 Å². The van der Waals surface area contributed by atoms with Crippen LogP contribution in [0.25, 0.3) is 0 Å². The second-order valence-electron chi connectivity index (χ2n) is 4.11. The van der Waals surface area contributed by atoms with E-state index in [1.165, 1.54) is 18.2 Å². The van der Waals surface area contributed by atoms with E-state index in [4.69, 9.17) is 15.7 Å². The van der Waals surface area contributed by atoms with E-state index in [0.717, 1.165) is 0 Å². The van der Waals surface area contributed by atoms with Crippen LogP contribution >= 0.6 is 0 Å². The number of amidine groups is 1. The van der Waals surface area contributed by atoms with Crippen molar-refractivity contribution in [3.63, 3.8) is 0 Å². The highest BCUT2D eigenvalue weighted by Crippen LogP contribution is 2.32. The Morgan fingerprint density at radius 2 is 2.19 bits per heavy atom. The Hall–Kier alpha value is -3.16. The number of ether oxygens (including phenoxy) is 1. The zero-order valence-electron chi connectivity index (χ0n) is 11.1. The molecule has 1 aromatic heterocycles. The van der Waals surface area contributed by atoms with Gasteiger partial charge in [0, 0.05) is 17.8 Å². The zero-order valence-corrected chi connectivity index (χ0v) is 11.1. The Morgan fingerprint density at radius 1 is 1.43 bits per heavy atom. The van der Waals surface area contributed by atoms with Crippen LogP contribution in [0.2, 0.25) is 0 Å². The smallest absolute Gasteiger partial charge is 0.312 e. The van der Waals surface area contributed by atoms with Gasteiger partial charge in [-0.05, 0) is 31.2 Å². The van der Waals surface area contributed by atoms with Crippen molar-refractivity contribution in [2.24, 2.45) is 10.9 Å². The maximum Gasteiger partial charge on any atom is 0.312 e. The standard InChI is InChI=1S/C13H12N4O4/c1-8-11(3-2-6-15-8)21-12-5-4-9(13(14)16-18)7-10(12)17(19)20/h2-7,18H,1H3,(H2,14,16). The molecule has 0 saturated carbocycles. The van der Waals surface area contributed by atoms with Gasteiger partial charge >= 0.3 is 5.69 Å². The SMILES string of the molecule is Cc1ncccc1Oc1ccc(/C(N)=N/O)cc1[N+](=O)[O-]. The minimum absolute atomic E-state index is 0.0468. The minimum atomic E-state index is -0.602. The number of hydrogen-bond acceptors (Lipinski definition) is 6. The van der Waals surface area contributed by atoms with Gasteiger partial charge in [0.1, 0.15) is 5.75 Å². The van der Waals surface area contributed by atoms with Gasteiger partial charge in [-0.25, -0.2) is 0 Å². The summed E-state index contributed by atoms with van der Waals surface area (Å²) >= 11 is 0. The van der Waals surface area contributed by atoms with Gasteiger partial charge in [0.2, 0.25) is 5.75 Å². The first-order valence-electron chi connectivity index (χ1n) is 5.88. The average Bonchev–Trinajstić information content (AvgIpc) is 2.49. The summed E-state index contributed by atoms with van der Waals surface area (Å²) in [4.78, 5) is 14.6. The van der Waals surface area contributed by atoms with Gasteiger partial charge in [0.05, 0.1) is 10.6 Å². The molecule has 2 rings (SSSR count). The van der Waals surface area contributed by atoms with E-state index in [2.05, 4.69) is 10.1 Å². The molecular weight excluding hydrogens is 276 g/mol. The molecule has 1 heterocycles. The van der Waals surface area contributed by atoms with Gasteiger partial charge < -0.3 is 15.7 Å². The van der Waals surface area contributed by atoms with Crippen LogP contribution in [0.5, 0.6) is 11.5 Å². The Bertz CT molecular complexity index is 715. The van der Waals surface area contributed by atoms with E-state index in [1.54, 1.807) is 25.3 Å². The number of nitrogens with zero attached hydrogens (tertiary/aromatic N) is 3. The topological polar surface area (TPSA) is 124 Å². The van der Waals surface area contributed by atoms with Crippen LogP contribution in [0, 0.1) is 17.0 Å². The molecule has 0 saturated heterocycles. The van der Waals surface area contributed by atoms with E-state index in [-0.39, 0.29) is 22.8 Å². The Labute approximate surface area is 119 Å². The van der Waals surface area contributed by atoms with Crippen LogP contribution in [0.3, 0.4) is 0 Å². The fourth-order valence-corrected chi connectivity index (χ4v) is 1.66. The second kappa shape index (κ2) is 5.87. The summed E-state index contributed by atoms with van der Waals surface area (Å²) < 4.78 is 5.52. The summed E-state index contributed by atoms with van der Waals surface area (Å²) in [6.45, 7) is 1.73. The van der Waals surface area contributed by atoms with Crippen LogP contribution in [-0.2, 0) is 0 Å². The highest BCUT2D eigenvalue weighted by Gasteiger charge is 2.18.